The first kappa shape index (κ1) is 15.1. The Kier molecular flexibility index (Phi) is 4.99. The molecule has 1 aromatic heterocycles. The largest absolute Gasteiger partial charge is 0.323 e. The van der Waals surface area contributed by atoms with Crippen molar-refractivity contribution < 1.29 is 4.79 Å². The Morgan fingerprint density at radius 3 is 3.05 bits per heavy atom. The fourth-order valence-corrected chi connectivity index (χ4v) is 1.91. The molecule has 21 heavy (non-hydrogen) atoms. The predicted octanol–water partition coefficient (Wildman–Crippen LogP) is 2.05. The molecule has 0 radical (unpaired) electrons. The zero-order valence-electron chi connectivity index (χ0n) is 11.5. The normalized spacial score (nSPS) is 11.4. The van der Waals surface area contributed by atoms with Crippen LogP contribution in [0.1, 0.15) is 18.5 Å². The molecular weight excluding hydrogens is 288 g/mol. The number of hydrogen-bond acceptors (Lipinski definition) is 3. The van der Waals surface area contributed by atoms with Crippen molar-refractivity contribution in [1.82, 2.24) is 9.78 Å². The van der Waals surface area contributed by atoms with Crippen LogP contribution in [-0.2, 0) is 4.79 Å². The van der Waals surface area contributed by atoms with E-state index in [0.717, 1.165) is 0 Å². The number of halogens is 1. The van der Waals surface area contributed by atoms with E-state index in [1.54, 1.807) is 48.3 Å². The van der Waals surface area contributed by atoms with Crippen LogP contribution >= 0.6 is 11.6 Å². The van der Waals surface area contributed by atoms with Crippen molar-refractivity contribution in [2.75, 3.05) is 11.9 Å². The van der Waals surface area contributed by atoms with Crippen molar-refractivity contribution >= 4 is 23.2 Å². The van der Waals surface area contributed by atoms with Gasteiger partial charge in [-0.25, -0.2) is 0 Å². The maximum Gasteiger partial charge on any atom is 0.248 e. The van der Waals surface area contributed by atoms with E-state index in [9.17, 15) is 4.79 Å². The quantitative estimate of drug-likeness (QED) is 0.852. The lowest BCUT2D eigenvalue weighted by atomic mass is 10.1. The molecule has 0 aliphatic heterocycles. The van der Waals surface area contributed by atoms with E-state index in [1.807, 2.05) is 0 Å². The van der Waals surface area contributed by atoms with Gasteiger partial charge in [-0.05, 0) is 31.2 Å². The molecule has 1 atom stereocenters. The van der Waals surface area contributed by atoms with E-state index in [-0.39, 0.29) is 12.5 Å². The van der Waals surface area contributed by atoms with Gasteiger partial charge in [0.25, 0.3) is 0 Å². The number of anilines is 1. The van der Waals surface area contributed by atoms with Crippen molar-refractivity contribution in [3.05, 3.63) is 47.2 Å². The molecule has 0 saturated carbocycles. The third-order valence-corrected chi connectivity index (χ3v) is 3.10. The van der Waals surface area contributed by atoms with Gasteiger partial charge >= 0.3 is 0 Å². The molecule has 2 rings (SSSR count). The van der Waals surface area contributed by atoms with Crippen molar-refractivity contribution in [1.29, 1.82) is 0 Å². The second-order valence-electron chi connectivity index (χ2n) is 4.35. The van der Waals surface area contributed by atoms with Gasteiger partial charge in [0.2, 0.25) is 5.91 Å². The number of carbonyl (C=O) groups is 1. The van der Waals surface area contributed by atoms with Gasteiger partial charge in [-0.3, -0.25) is 9.48 Å². The minimum atomic E-state index is -0.436. The molecule has 0 fully saturated rings. The number of rotatable bonds is 3. The number of aromatic nitrogens is 2. The summed E-state index contributed by atoms with van der Waals surface area (Å²) in [7, 11) is 0. The molecule has 0 aliphatic rings. The van der Waals surface area contributed by atoms with Crippen LogP contribution in [0.5, 0.6) is 0 Å². The van der Waals surface area contributed by atoms with Crippen LogP contribution in [0.2, 0.25) is 5.02 Å². The Hall–Kier alpha value is -2.29. The standard InChI is InChI=1S/C15H15ClN4O/c1-11(20-9-3-8-18-20)15(21)19-14-10-13(16)6-5-12(14)4-2-7-17/h3,5-6,8-11H,7,17H2,1H3,(H,19,21). The fourth-order valence-electron chi connectivity index (χ4n) is 1.74. The number of nitrogens with one attached hydrogen (secondary N) is 1. The summed E-state index contributed by atoms with van der Waals surface area (Å²) in [5.41, 5.74) is 6.61. The van der Waals surface area contributed by atoms with Gasteiger partial charge in [0.1, 0.15) is 6.04 Å². The molecule has 108 valence electrons. The number of benzene rings is 1. The van der Waals surface area contributed by atoms with Gasteiger partial charge in [0, 0.05) is 23.0 Å². The molecule has 0 bridgehead atoms. The Morgan fingerprint density at radius 2 is 2.38 bits per heavy atom. The minimum absolute atomic E-state index is 0.197. The van der Waals surface area contributed by atoms with Gasteiger partial charge in [-0.15, -0.1) is 0 Å². The van der Waals surface area contributed by atoms with E-state index >= 15 is 0 Å². The summed E-state index contributed by atoms with van der Waals surface area (Å²) in [4.78, 5) is 12.3. The summed E-state index contributed by atoms with van der Waals surface area (Å²) >= 11 is 5.97. The number of amides is 1. The van der Waals surface area contributed by atoms with Crippen LogP contribution in [0.3, 0.4) is 0 Å². The topological polar surface area (TPSA) is 72.9 Å². The molecule has 1 unspecified atom stereocenters. The molecule has 2 aromatic rings. The summed E-state index contributed by atoms with van der Waals surface area (Å²) < 4.78 is 1.57. The summed E-state index contributed by atoms with van der Waals surface area (Å²) in [6, 6.07) is 6.46. The lowest BCUT2D eigenvalue weighted by Gasteiger charge is -2.14. The first-order valence-electron chi connectivity index (χ1n) is 6.40. The molecule has 1 aromatic carbocycles. The fraction of sp³-hybridized carbons (Fsp3) is 0.200. The highest BCUT2D eigenvalue weighted by molar-refractivity contribution is 6.31. The third kappa shape index (κ3) is 3.85. The number of nitrogens with zero attached hydrogens (tertiary/aromatic N) is 2. The third-order valence-electron chi connectivity index (χ3n) is 2.87. The number of carbonyl (C=O) groups excluding carboxylic acids is 1. The Morgan fingerprint density at radius 1 is 1.57 bits per heavy atom. The van der Waals surface area contributed by atoms with Gasteiger partial charge in [-0.1, -0.05) is 23.4 Å². The highest BCUT2D eigenvalue weighted by Gasteiger charge is 2.16. The molecule has 3 N–H and O–H groups in total. The van der Waals surface area contributed by atoms with E-state index in [1.165, 1.54) is 0 Å². The molecule has 0 spiro atoms. The number of nitrogens with two attached hydrogens (primary N) is 1. The second kappa shape index (κ2) is 6.93. The first-order valence-corrected chi connectivity index (χ1v) is 6.78. The van der Waals surface area contributed by atoms with Crippen LogP contribution in [0.4, 0.5) is 5.69 Å². The molecular formula is C15H15ClN4O. The second-order valence-corrected chi connectivity index (χ2v) is 4.78. The average Bonchev–Trinajstić information content (AvgIpc) is 2.99. The summed E-state index contributed by atoms with van der Waals surface area (Å²) in [5, 5.41) is 7.40. The van der Waals surface area contributed by atoms with Crippen molar-refractivity contribution in [2.45, 2.75) is 13.0 Å². The van der Waals surface area contributed by atoms with Crippen LogP contribution in [0.25, 0.3) is 0 Å². The summed E-state index contributed by atoms with van der Waals surface area (Å²) in [6.45, 7) is 2.01. The molecule has 6 heteroatoms. The summed E-state index contributed by atoms with van der Waals surface area (Å²) in [6.07, 6.45) is 3.36. The van der Waals surface area contributed by atoms with Crippen molar-refractivity contribution in [3.63, 3.8) is 0 Å². The molecule has 0 saturated heterocycles. The molecule has 5 nitrogen and oxygen atoms in total. The lowest BCUT2D eigenvalue weighted by molar-refractivity contribution is -0.119. The Balaban J connectivity index is 2.22. The Labute approximate surface area is 128 Å². The zero-order chi connectivity index (χ0) is 15.2. The van der Waals surface area contributed by atoms with E-state index < -0.39 is 6.04 Å². The zero-order valence-corrected chi connectivity index (χ0v) is 12.3. The van der Waals surface area contributed by atoms with Crippen molar-refractivity contribution in [2.24, 2.45) is 5.73 Å². The van der Waals surface area contributed by atoms with Crippen LogP contribution in [0, 0.1) is 11.8 Å². The number of hydrogen-bond donors (Lipinski definition) is 2. The lowest BCUT2D eigenvalue weighted by Crippen LogP contribution is -2.24. The summed E-state index contributed by atoms with van der Waals surface area (Å²) in [5.74, 6) is 5.47. The van der Waals surface area contributed by atoms with E-state index in [2.05, 4.69) is 22.3 Å². The van der Waals surface area contributed by atoms with Gasteiger partial charge in [0.05, 0.1) is 12.2 Å². The van der Waals surface area contributed by atoms with Gasteiger partial charge in [0.15, 0.2) is 0 Å². The average molecular weight is 303 g/mol. The van der Waals surface area contributed by atoms with E-state index in [4.69, 9.17) is 17.3 Å². The maximum atomic E-state index is 12.3. The monoisotopic (exact) mass is 302 g/mol. The minimum Gasteiger partial charge on any atom is -0.323 e. The van der Waals surface area contributed by atoms with Crippen LogP contribution < -0.4 is 11.1 Å². The highest BCUT2D eigenvalue weighted by atomic mass is 35.5. The first-order chi connectivity index (χ1) is 10.1. The van der Waals surface area contributed by atoms with Crippen LogP contribution in [0.15, 0.2) is 36.7 Å². The molecule has 1 amide bonds. The van der Waals surface area contributed by atoms with Gasteiger partial charge < -0.3 is 11.1 Å². The van der Waals surface area contributed by atoms with E-state index in [0.29, 0.717) is 16.3 Å². The smallest absolute Gasteiger partial charge is 0.248 e. The Bertz CT molecular complexity index is 685. The predicted molar refractivity (Wildman–Crippen MR) is 83.0 cm³/mol. The maximum absolute atomic E-state index is 12.3. The molecule has 0 aliphatic carbocycles. The molecule has 1 heterocycles. The van der Waals surface area contributed by atoms with Crippen LogP contribution in [-0.4, -0.2) is 22.2 Å². The highest BCUT2D eigenvalue weighted by Crippen LogP contribution is 2.21. The van der Waals surface area contributed by atoms with Gasteiger partial charge in [-0.2, -0.15) is 5.10 Å². The SMILES string of the molecule is CC(C(=O)Nc1cc(Cl)ccc1C#CCN)n1cccn1. The van der Waals surface area contributed by atoms with Crippen molar-refractivity contribution in [3.8, 4) is 11.8 Å².